The van der Waals surface area contributed by atoms with E-state index in [0.29, 0.717) is 12.8 Å². The summed E-state index contributed by atoms with van der Waals surface area (Å²) in [4.78, 5) is 30.1. The van der Waals surface area contributed by atoms with Crippen molar-refractivity contribution in [3.63, 3.8) is 0 Å². The first-order valence-electron chi connectivity index (χ1n) is 15.3. The number of unbranched alkanes of at least 4 members (excludes halogenated alkanes) is 1. The van der Waals surface area contributed by atoms with Crippen molar-refractivity contribution < 1.29 is 24.5 Å². The van der Waals surface area contributed by atoms with Gasteiger partial charge in [-0.2, -0.15) is 0 Å². The first-order valence-corrected chi connectivity index (χ1v) is 19.9. The van der Waals surface area contributed by atoms with Gasteiger partial charge >= 0.3 is 11.9 Å². The number of nitrogens with zero attached hydrogens (tertiary/aromatic N) is 2. The SMILES string of the molecule is COC(CC(C)(C(=O)O)C(CC[Si](C)(C)C)C(C(C)C)C(CCCCC(=O)O)Sc1cc(C)cc(C)c1)n1ccnc1. The van der Waals surface area contributed by atoms with Crippen LogP contribution in [0.15, 0.2) is 41.8 Å². The Bertz CT molecular complexity index is 1110. The fraction of sp³-hybridized carbons (Fsp3) is 0.667. The topological polar surface area (TPSA) is 102 Å². The first-order chi connectivity index (χ1) is 19.6. The van der Waals surface area contributed by atoms with Gasteiger partial charge in [-0.1, -0.05) is 58.4 Å². The number of thioether (sulfide) groups is 1. The Morgan fingerprint density at radius 3 is 2.19 bits per heavy atom. The van der Waals surface area contributed by atoms with Gasteiger partial charge in [0.05, 0.1) is 11.7 Å². The van der Waals surface area contributed by atoms with Crippen LogP contribution in [0.1, 0.15) is 76.7 Å². The van der Waals surface area contributed by atoms with Crippen molar-refractivity contribution in [2.24, 2.45) is 23.2 Å². The van der Waals surface area contributed by atoms with E-state index in [1.807, 2.05) is 29.4 Å². The van der Waals surface area contributed by atoms with Gasteiger partial charge in [0.2, 0.25) is 0 Å². The molecule has 0 saturated carbocycles. The van der Waals surface area contributed by atoms with Crippen molar-refractivity contribution in [3.05, 3.63) is 48.0 Å². The van der Waals surface area contributed by atoms with Crippen LogP contribution in [0, 0.1) is 37.0 Å². The van der Waals surface area contributed by atoms with E-state index in [1.165, 1.54) is 16.0 Å². The van der Waals surface area contributed by atoms with Gasteiger partial charge in [0.25, 0.3) is 0 Å². The van der Waals surface area contributed by atoms with Crippen molar-refractivity contribution in [2.45, 2.75) is 115 Å². The van der Waals surface area contributed by atoms with E-state index >= 15 is 0 Å². The molecule has 2 N–H and O–H groups in total. The van der Waals surface area contributed by atoms with Crippen LogP contribution in [0.25, 0.3) is 0 Å². The summed E-state index contributed by atoms with van der Waals surface area (Å²) in [5.74, 6) is -1.35. The normalized spacial score (nSPS) is 16.5. The fourth-order valence-corrected chi connectivity index (χ4v) is 9.30. The van der Waals surface area contributed by atoms with Crippen LogP contribution in [-0.2, 0) is 14.3 Å². The quantitative estimate of drug-likeness (QED) is 0.0924. The molecule has 42 heavy (non-hydrogen) atoms. The summed E-state index contributed by atoms with van der Waals surface area (Å²) >= 11 is 1.85. The van der Waals surface area contributed by atoms with Gasteiger partial charge in [-0.15, -0.1) is 11.8 Å². The van der Waals surface area contributed by atoms with Crippen LogP contribution < -0.4 is 0 Å². The molecule has 0 fully saturated rings. The lowest BCUT2D eigenvalue weighted by Gasteiger charge is -2.46. The fourth-order valence-electron chi connectivity index (χ4n) is 6.32. The van der Waals surface area contributed by atoms with Crippen molar-refractivity contribution in [1.29, 1.82) is 0 Å². The zero-order chi connectivity index (χ0) is 31.7. The van der Waals surface area contributed by atoms with Gasteiger partial charge in [-0.05, 0) is 74.6 Å². The minimum atomic E-state index is -1.49. The zero-order valence-electron chi connectivity index (χ0n) is 27.2. The highest BCUT2D eigenvalue weighted by atomic mass is 32.2. The number of ether oxygens (including phenoxy) is 1. The summed E-state index contributed by atoms with van der Waals surface area (Å²) in [6.07, 6.45) is 8.32. The molecule has 0 aliphatic rings. The van der Waals surface area contributed by atoms with E-state index in [-0.39, 0.29) is 29.4 Å². The van der Waals surface area contributed by atoms with Crippen LogP contribution in [-0.4, -0.2) is 52.1 Å². The maximum atomic E-state index is 13.4. The van der Waals surface area contributed by atoms with Crippen LogP contribution in [0.4, 0.5) is 0 Å². The third kappa shape index (κ3) is 10.9. The molecule has 2 rings (SSSR count). The van der Waals surface area contributed by atoms with Gasteiger partial charge < -0.3 is 19.5 Å². The van der Waals surface area contributed by atoms with Crippen LogP contribution in [0.5, 0.6) is 0 Å². The number of hydrogen-bond donors (Lipinski definition) is 2. The van der Waals surface area contributed by atoms with Gasteiger partial charge in [0, 0.05) is 50.6 Å². The Hall–Kier alpha value is -2.10. The minimum Gasteiger partial charge on any atom is -0.481 e. The molecule has 236 valence electrons. The van der Waals surface area contributed by atoms with E-state index in [0.717, 1.165) is 25.3 Å². The highest BCUT2D eigenvalue weighted by Crippen LogP contribution is 2.50. The molecular weight excluding hydrogens is 565 g/mol. The number of rotatable bonds is 19. The van der Waals surface area contributed by atoms with Crippen LogP contribution in [0.3, 0.4) is 0 Å². The molecule has 0 bridgehead atoms. The average molecular weight is 619 g/mol. The van der Waals surface area contributed by atoms with Crippen molar-refractivity contribution in [1.82, 2.24) is 9.55 Å². The molecule has 0 aliphatic carbocycles. The molecule has 1 aromatic carbocycles. The number of carbonyl (C=O) groups is 2. The van der Waals surface area contributed by atoms with E-state index in [1.54, 1.807) is 19.6 Å². The lowest BCUT2D eigenvalue weighted by molar-refractivity contribution is -0.158. The van der Waals surface area contributed by atoms with Crippen molar-refractivity contribution in [3.8, 4) is 0 Å². The maximum Gasteiger partial charge on any atom is 0.309 e. The summed E-state index contributed by atoms with van der Waals surface area (Å²) in [6, 6.07) is 7.64. The molecule has 0 spiro atoms. The van der Waals surface area contributed by atoms with E-state index in [9.17, 15) is 19.8 Å². The molecule has 7 nitrogen and oxygen atoms in total. The molecule has 0 aliphatic heterocycles. The second-order valence-corrected chi connectivity index (χ2v) is 20.7. The summed E-state index contributed by atoms with van der Waals surface area (Å²) in [5.41, 5.74) is 1.36. The summed E-state index contributed by atoms with van der Waals surface area (Å²) in [6.45, 7) is 17.6. The van der Waals surface area contributed by atoms with Crippen LogP contribution in [0.2, 0.25) is 25.7 Å². The largest absolute Gasteiger partial charge is 0.481 e. The molecule has 9 heteroatoms. The summed E-state index contributed by atoms with van der Waals surface area (Å²) in [5, 5.41) is 20.4. The zero-order valence-corrected chi connectivity index (χ0v) is 29.0. The second kappa shape index (κ2) is 16.1. The van der Waals surface area contributed by atoms with Crippen molar-refractivity contribution in [2.75, 3.05) is 7.11 Å². The molecule has 0 amide bonds. The lowest BCUT2D eigenvalue weighted by Crippen LogP contribution is -2.46. The Balaban J connectivity index is 2.63. The number of imidazole rings is 1. The van der Waals surface area contributed by atoms with E-state index in [4.69, 9.17) is 4.74 Å². The number of aromatic nitrogens is 2. The van der Waals surface area contributed by atoms with Crippen LogP contribution >= 0.6 is 11.8 Å². The molecule has 2 aromatic rings. The monoisotopic (exact) mass is 618 g/mol. The number of carboxylic acids is 2. The Morgan fingerprint density at radius 1 is 1.07 bits per heavy atom. The Kier molecular flexibility index (Phi) is 13.8. The molecule has 5 unspecified atom stereocenters. The molecule has 1 heterocycles. The molecule has 5 atom stereocenters. The van der Waals surface area contributed by atoms with Gasteiger partial charge in [-0.3, -0.25) is 9.59 Å². The number of hydrogen-bond acceptors (Lipinski definition) is 5. The molecular formula is C33H54N2O5SSi. The Morgan fingerprint density at radius 2 is 1.71 bits per heavy atom. The number of carboxylic acid groups (broad SMARTS) is 2. The predicted octanol–water partition coefficient (Wildman–Crippen LogP) is 8.55. The van der Waals surface area contributed by atoms with Crippen molar-refractivity contribution >= 4 is 31.8 Å². The summed E-state index contributed by atoms with van der Waals surface area (Å²) < 4.78 is 7.72. The summed E-state index contributed by atoms with van der Waals surface area (Å²) in [7, 11) is 0.135. The number of aryl methyl sites for hydroxylation is 2. The molecule has 0 saturated heterocycles. The number of aliphatic carboxylic acids is 2. The highest BCUT2D eigenvalue weighted by molar-refractivity contribution is 8.00. The maximum absolute atomic E-state index is 13.4. The standard InChI is InChI=1S/C33H54N2O5SSi/c1-23(2)31(28(12-10-11-13-30(36)37)41-26-19-24(3)18-25(4)20-26)27(14-17-42(7,8)9)33(5,32(38)39)21-29(40-6)35-16-15-34-22-35/h15-16,18-20,22-23,27-29,31H,10-14,17,21H2,1-9H3,(H,36,37)(H,38,39). The third-order valence-corrected chi connectivity index (χ3v) is 11.7. The average Bonchev–Trinajstić information content (AvgIpc) is 3.40. The lowest BCUT2D eigenvalue weighted by atomic mass is 9.63. The third-order valence-electron chi connectivity index (χ3n) is 8.52. The van der Waals surface area contributed by atoms with Gasteiger partial charge in [0.1, 0.15) is 6.23 Å². The number of benzene rings is 1. The van der Waals surface area contributed by atoms with E-state index < -0.39 is 31.7 Å². The van der Waals surface area contributed by atoms with E-state index in [2.05, 4.69) is 70.5 Å². The Labute approximate surface area is 258 Å². The second-order valence-electron chi connectivity index (χ2n) is 13.8. The minimum absolute atomic E-state index is 0.0957. The highest BCUT2D eigenvalue weighted by Gasteiger charge is 2.49. The van der Waals surface area contributed by atoms with Gasteiger partial charge in [-0.25, -0.2) is 4.98 Å². The smallest absolute Gasteiger partial charge is 0.309 e. The predicted molar refractivity (Wildman–Crippen MR) is 175 cm³/mol. The number of methoxy groups -OCH3 is 1. The molecule has 0 radical (unpaired) electrons. The van der Waals surface area contributed by atoms with Gasteiger partial charge in [0.15, 0.2) is 0 Å². The first kappa shape index (κ1) is 36.1. The molecule has 1 aromatic heterocycles.